The van der Waals surface area contributed by atoms with Crippen LogP contribution >= 0.6 is 15.9 Å². The van der Waals surface area contributed by atoms with E-state index in [0.717, 1.165) is 32.8 Å². The van der Waals surface area contributed by atoms with Crippen molar-refractivity contribution in [1.29, 1.82) is 0 Å². The van der Waals surface area contributed by atoms with Crippen molar-refractivity contribution >= 4 is 21.6 Å². The lowest BCUT2D eigenvalue weighted by atomic mass is 10.1. The van der Waals surface area contributed by atoms with Gasteiger partial charge in [-0.1, -0.05) is 19.9 Å². The maximum atomic E-state index is 5.28. The fourth-order valence-corrected chi connectivity index (χ4v) is 3.52. The monoisotopic (exact) mass is 354 g/mol. The molecule has 0 amide bonds. The Hall–Kier alpha value is -0.580. The molecule has 1 heterocycles. The molecule has 1 saturated heterocycles. The van der Waals surface area contributed by atoms with Gasteiger partial charge in [0.2, 0.25) is 0 Å². The molecule has 0 saturated carbocycles. The molecular weight excluding hydrogens is 328 g/mol. The van der Waals surface area contributed by atoms with E-state index in [-0.39, 0.29) is 0 Å². The Morgan fingerprint density at radius 1 is 1.43 bits per heavy atom. The first-order chi connectivity index (χ1) is 10.1. The minimum absolute atomic E-state index is 0.661. The van der Waals surface area contributed by atoms with Crippen LogP contribution in [0, 0.1) is 11.8 Å². The van der Waals surface area contributed by atoms with E-state index in [9.17, 15) is 0 Å². The van der Waals surface area contributed by atoms with Gasteiger partial charge in [0.15, 0.2) is 0 Å². The number of halogens is 1. The molecule has 1 N–H and O–H groups in total. The predicted octanol–water partition coefficient (Wildman–Crippen LogP) is 3.67. The topological polar surface area (TPSA) is 24.5 Å². The van der Waals surface area contributed by atoms with Crippen molar-refractivity contribution in [2.45, 2.75) is 26.8 Å². The van der Waals surface area contributed by atoms with Crippen LogP contribution in [-0.2, 0) is 11.3 Å². The van der Waals surface area contributed by atoms with Gasteiger partial charge < -0.3 is 15.0 Å². The number of benzene rings is 1. The zero-order valence-electron chi connectivity index (χ0n) is 13.4. The Kier molecular flexibility index (Phi) is 6.52. The lowest BCUT2D eigenvalue weighted by molar-refractivity contribution is 0.161. The van der Waals surface area contributed by atoms with E-state index in [4.69, 9.17) is 4.74 Å². The first-order valence-corrected chi connectivity index (χ1v) is 8.62. The summed E-state index contributed by atoms with van der Waals surface area (Å²) >= 11 is 3.74. The average Bonchev–Trinajstić information content (AvgIpc) is 2.87. The minimum atomic E-state index is 0.661. The maximum Gasteiger partial charge on any atom is 0.0510 e. The number of hydrogen-bond donors (Lipinski definition) is 1. The first-order valence-electron chi connectivity index (χ1n) is 7.83. The van der Waals surface area contributed by atoms with E-state index in [0.29, 0.717) is 11.8 Å². The highest BCUT2D eigenvalue weighted by Crippen LogP contribution is 2.31. The molecule has 2 rings (SSSR count). The summed E-state index contributed by atoms with van der Waals surface area (Å²) in [6, 6.07) is 6.72. The summed E-state index contributed by atoms with van der Waals surface area (Å²) in [6.07, 6.45) is 1.22. The summed E-state index contributed by atoms with van der Waals surface area (Å²) in [5, 5.41) is 3.49. The zero-order chi connectivity index (χ0) is 15.2. The number of anilines is 1. The van der Waals surface area contributed by atoms with Gasteiger partial charge in [0.05, 0.1) is 12.3 Å². The van der Waals surface area contributed by atoms with Gasteiger partial charge in [-0.25, -0.2) is 0 Å². The van der Waals surface area contributed by atoms with Gasteiger partial charge in [-0.15, -0.1) is 0 Å². The molecule has 3 nitrogen and oxygen atoms in total. The van der Waals surface area contributed by atoms with Crippen molar-refractivity contribution in [2.75, 3.05) is 38.3 Å². The molecule has 1 aromatic rings. The van der Waals surface area contributed by atoms with E-state index >= 15 is 0 Å². The summed E-state index contributed by atoms with van der Waals surface area (Å²) in [5.41, 5.74) is 2.64. The van der Waals surface area contributed by atoms with E-state index in [1.807, 2.05) is 0 Å². The third-order valence-electron chi connectivity index (χ3n) is 3.92. The Labute approximate surface area is 137 Å². The molecule has 118 valence electrons. The van der Waals surface area contributed by atoms with Crippen LogP contribution in [-0.4, -0.2) is 33.4 Å². The number of hydrogen-bond acceptors (Lipinski definition) is 3. The highest BCUT2D eigenvalue weighted by Gasteiger charge is 2.23. The fourth-order valence-electron chi connectivity index (χ4n) is 2.85. The van der Waals surface area contributed by atoms with E-state index < -0.39 is 0 Å². The quantitative estimate of drug-likeness (QED) is 0.808. The minimum Gasteiger partial charge on any atom is -0.384 e. The third kappa shape index (κ3) is 4.97. The van der Waals surface area contributed by atoms with Crippen molar-refractivity contribution in [3.63, 3.8) is 0 Å². The smallest absolute Gasteiger partial charge is 0.0510 e. The van der Waals surface area contributed by atoms with Gasteiger partial charge in [0, 0.05) is 37.1 Å². The number of methoxy groups -OCH3 is 1. The molecule has 0 spiro atoms. The van der Waals surface area contributed by atoms with Crippen molar-refractivity contribution in [3.05, 3.63) is 28.2 Å². The van der Waals surface area contributed by atoms with Gasteiger partial charge in [-0.3, -0.25) is 0 Å². The first kappa shape index (κ1) is 16.8. The lowest BCUT2D eigenvalue weighted by Gasteiger charge is -2.21. The van der Waals surface area contributed by atoms with Gasteiger partial charge in [0.25, 0.3) is 0 Å². The van der Waals surface area contributed by atoms with Crippen LogP contribution in [0.5, 0.6) is 0 Å². The second kappa shape index (κ2) is 8.16. The molecule has 0 radical (unpaired) electrons. The highest BCUT2D eigenvalue weighted by molar-refractivity contribution is 9.10. The Morgan fingerprint density at radius 2 is 2.24 bits per heavy atom. The molecule has 1 unspecified atom stereocenters. The highest BCUT2D eigenvalue weighted by atomic mass is 79.9. The summed E-state index contributed by atoms with van der Waals surface area (Å²) in [6.45, 7) is 9.54. The molecule has 4 heteroatoms. The standard InChI is InChI=1S/C17H27BrN2O/c1-13(2)9-19-10-14-4-5-17(16(18)8-14)20-7-6-15(11-20)12-21-3/h4-5,8,13,15,19H,6-7,9-12H2,1-3H3. The normalized spacial score (nSPS) is 18.7. The van der Waals surface area contributed by atoms with E-state index in [2.05, 4.69) is 58.2 Å². The molecule has 0 bridgehead atoms. The van der Waals surface area contributed by atoms with Crippen molar-refractivity contribution in [2.24, 2.45) is 11.8 Å². The SMILES string of the molecule is COCC1CCN(c2ccc(CNCC(C)C)cc2Br)C1. The molecule has 1 atom stereocenters. The molecule has 0 aromatic heterocycles. The molecular formula is C17H27BrN2O. The van der Waals surface area contributed by atoms with Crippen molar-refractivity contribution in [3.8, 4) is 0 Å². The lowest BCUT2D eigenvalue weighted by Crippen LogP contribution is -2.22. The van der Waals surface area contributed by atoms with Gasteiger partial charge in [0.1, 0.15) is 0 Å². The Balaban J connectivity index is 1.93. The van der Waals surface area contributed by atoms with Crippen LogP contribution in [0.1, 0.15) is 25.8 Å². The number of rotatable bonds is 7. The van der Waals surface area contributed by atoms with Crippen molar-refractivity contribution < 1.29 is 4.74 Å². The van der Waals surface area contributed by atoms with E-state index in [1.54, 1.807) is 7.11 Å². The predicted molar refractivity (Wildman–Crippen MR) is 92.9 cm³/mol. The number of nitrogens with one attached hydrogen (secondary N) is 1. The molecule has 1 fully saturated rings. The third-order valence-corrected chi connectivity index (χ3v) is 4.56. The second-order valence-electron chi connectivity index (χ2n) is 6.37. The van der Waals surface area contributed by atoms with E-state index in [1.165, 1.54) is 22.1 Å². The number of ether oxygens (including phenoxy) is 1. The Bertz CT molecular complexity index is 450. The maximum absolute atomic E-state index is 5.28. The zero-order valence-corrected chi connectivity index (χ0v) is 14.9. The number of nitrogens with zero attached hydrogens (tertiary/aromatic N) is 1. The van der Waals surface area contributed by atoms with Crippen LogP contribution < -0.4 is 10.2 Å². The molecule has 21 heavy (non-hydrogen) atoms. The largest absolute Gasteiger partial charge is 0.384 e. The summed E-state index contributed by atoms with van der Waals surface area (Å²) < 4.78 is 6.47. The molecule has 1 aliphatic rings. The molecule has 1 aliphatic heterocycles. The van der Waals surface area contributed by atoms with Crippen molar-refractivity contribution in [1.82, 2.24) is 5.32 Å². The van der Waals surface area contributed by atoms with Gasteiger partial charge in [-0.05, 0) is 52.5 Å². The van der Waals surface area contributed by atoms with Crippen LogP contribution in [0.4, 0.5) is 5.69 Å². The second-order valence-corrected chi connectivity index (χ2v) is 7.22. The van der Waals surface area contributed by atoms with Crippen LogP contribution in [0.2, 0.25) is 0 Å². The Morgan fingerprint density at radius 3 is 2.90 bits per heavy atom. The summed E-state index contributed by atoms with van der Waals surface area (Å²) in [7, 11) is 1.79. The van der Waals surface area contributed by atoms with Gasteiger partial charge in [-0.2, -0.15) is 0 Å². The summed E-state index contributed by atoms with van der Waals surface area (Å²) in [5.74, 6) is 1.35. The molecule has 1 aromatic carbocycles. The van der Waals surface area contributed by atoms with Crippen LogP contribution in [0.15, 0.2) is 22.7 Å². The fraction of sp³-hybridized carbons (Fsp3) is 0.647. The van der Waals surface area contributed by atoms with Gasteiger partial charge >= 0.3 is 0 Å². The average molecular weight is 355 g/mol. The van der Waals surface area contributed by atoms with Crippen LogP contribution in [0.25, 0.3) is 0 Å². The summed E-state index contributed by atoms with van der Waals surface area (Å²) in [4.78, 5) is 2.46. The molecule has 0 aliphatic carbocycles. The van der Waals surface area contributed by atoms with Crippen LogP contribution in [0.3, 0.4) is 0 Å².